The number of carbonyl (C=O) groups excluding carboxylic acids is 1. The van der Waals surface area contributed by atoms with Gasteiger partial charge in [-0.2, -0.15) is 0 Å². The summed E-state index contributed by atoms with van der Waals surface area (Å²) in [4.78, 5) is 25.0. The van der Waals surface area contributed by atoms with Crippen LogP contribution in [0.4, 0.5) is 5.82 Å². The van der Waals surface area contributed by atoms with Crippen molar-refractivity contribution in [3.05, 3.63) is 29.5 Å². The lowest BCUT2D eigenvalue weighted by Gasteiger charge is -2.37. The van der Waals surface area contributed by atoms with Crippen LogP contribution >= 0.6 is 0 Å². The predicted molar refractivity (Wildman–Crippen MR) is 92.7 cm³/mol. The maximum atomic E-state index is 11.5. The Morgan fingerprint density at radius 3 is 2.57 bits per heavy atom. The van der Waals surface area contributed by atoms with E-state index in [9.17, 15) is 4.79 Å². The summed E-state index contributed by atoms with van der Waals surface area (Å²) in [6, 6.07) is 6.63. The summed E-state index contributed by atoms with van der Waals surface area (Å²) in [7, 11) is 1.90. The van der Waals surface area contributed by atoms with E-state index in [0.717, 1.165) is 48.5 Å². The first-order valence-corrected chi connectivity index (χ1v) is 8.19. The molecule has 2 aromatic rings. The summed E-state index contributed by atoms with van der Waals surface area (Å²) in [6.45, 7) is 7.58. The molecule has 0 aliphatic carbocycles. The van der Waals surface area contributed by atoms with Crippen LogP contribution in [-0.2, 0) is 4.79 Å². The summed E-state index contributed by atoms with van der Waals surface area (Å²) >= 11 is 0. The first kappa shape index (κ1) is 15.7. The van der Waals surface area contributed by atoms with Crippen molar-refractivity contribution in [2.45, 2.75) is 39.7 Å². The monoisotopic (exact) mass is 312 g/mol. The molecule has 0 radical (unpaired) electrons. The number of nitrogens with zero attached hydrogens (tertiary/aromatic N) is 4. The van der Waals surface area contributed by atoms with Gasteiger partial charge in [-0.15, -0.1) is 0 Å². The third-order valence-corrected chi connectivity index (χ3v) is 4.83. The molecule has 5 heteroatoms. The Balaban J connectivity index is 1.78. The number of pyridine rings is 2. The van der Waals surface area contributed by atoms with Crippen LogP contribution in [0.15, 0.2) is 18.2 Å². The quantitative estimate of drug-likeness (QED) is 0.855. The second kappa shape index (κ2) is 6.14. The van der Waals surface area contributed by atoms with Gasteiger partial charge in [-0.05, 0) is 50.5 Å². The molecule has 0 aromatic carbocycles. The number of hydrogen-bond donors (Lipinski definition) is 0. The van der Waals surface area contributed by atoms with Crippen LogP contribution in [0.3, 0.4) is 0 Å². The molecule has 0 bridgehead atoms. The molecule has 1 aliphatic heterocycles. The standard InChI is InChI=1S/C18H24N4O/c1-12-11-13(2)19-18-16(12)5-6-17(20-18)22-9-7-15(8-10-22)21(4)14(3)23/h5-6,11,15H,7-10H2,1-4H3. The Morgan fingerprint density at radius 2 is 1.91 bits per heavy atom. The van der Waals surface area contributed by atoms with Crippen molar-refractivity contribution in [1.29, 1.82) is 0 Å². The fourth-order valence-electron chi connectivity index (χ4n) is 3.34. The number of aryl methyl sites for hydroxylation is 2. The first-order chi connectivity index (χ1) is 11.0. The van der Waals surface area contributed by atoms with Gasteiger partial charge in [0.2, 0.25) is 5.91 Å². The van der Waals surface area contributed by atoms with Gasteiger partial charge in [-0.25, -0.2) is 9.97 Å². The maximum Gasteiger partial charge on any atom is 0.219 e. The second-order valence-corrected chi connectivity index (χ2v) is 6.47. The van der Waals surface area contributed by atoms with Gasteiger partial charge in [0.1, 0.15) is 5.82 Å². The molecule has 3 rings (SSSR count). The molecule has 122 valence electrons. The molecule has 0 saturated carbocycles. The molecule has 0 unspecified atom stereocenters. The highest BCUT2D eigenvalue weighted by atomic mass is 16.2. The summed E-state index contributed by atoms with van der Waals surface area (Å²) in [5.41, 5.74) is 3.04. The number of amides is 1. The van der Waals surface area contributed by atoms with Crippen LogP contribution in [-0.4, -0.2) is 47.0 Å². The highest BCUT2D eigenvalue weighted by Gasteiger charge is 2.24. The maximum absolute atomic E-state index is 11.5. The molecule has 0 atom stereocenters. The SMILES string of the molecule is CC(=O)N(C)C1CCN(c2ccc3c(C)cc(C)nc3n2)CC1. The molecule has 23 heavy (non-hydrogen) atoms. The Bertz CT molecular complexity index is 735. The molecule has 1 fully saturated rings. The molecule has 1 aliphatic rings. The topological polar surface area (TPSA) is 49.3 Å². The predicted octanol–water partition coefficient (Wildman–Crippen LogP) is 2.69. The van der Waals surface area contributed by atoms with Gasteiger partial charge in [0, 0.05) is 44.2 Å². The Morgan fingerprint density at radius 1 is 1.22 bits per heavy atom. The van der Waals surface area contributed by atoms with Crippen LogP contribution in [0, 0.1) is 13.8 Å². The fraction of sp³-hybridized carbons (Fsp3) is 0.500. The van der Waals surface area contributed by atoms with Gasteiger partial charge >= 0.3 is 0 Å². The molecule has 0 N–H and O–H groups in total. The van der Waals surface area contributed by atoms with Crippen LogP contribution in [0.2, 0.25) is 0 Å². The molecule has 1 saturated heterocycles. The third-order valence-electron chi connectivity index (χ3n) is 4.83. The molecule has 3 heterocycles. The minimum absolute atomic E-state index is 0.141. The number of aromatic nitrogens is 2. The van der Waals surface area contributed by atoms with Crippen molar-refractivity contribution in [2.75, 3.05) is 25.0 Å². The molecule has 1 amide bonds. The van der Waals surface area contributed by atoms with Crippen molar-refractivity contribution >= 4 is 22.8 Å². The molecule has 0 spiro atoms. The highest BCUT2D eigenvalue weighted by Crippen LogP contribution is 2.24. The van der Waals surface area contributed by atoms with E-state index in [0.29, 0.717) is 6.04 Å². The fourth-order valence-corrected chi connectivity index (χ4v) is 3.34. The normalized spacial score (nSPS) is 15.9. The van der Waals surface area contributed by atoms with Crippen LogP contribution in [0.25, 0.3) is 11.0 Å². The average molecular weight is 312 g/mol. The Labute approximate surface area is 137 Å². The van der Waals surface area contributed by atoms with Gasteiger partial charge in [0.25, 0.3) is 0 Å². The number of anilines is 1. The summed E-state index contributed by atoms with van der Waals surface area (Å²) in [6.07, 6.45) is 1.96. The van der Waals surface area contributed by atoms with Crippen molar-refractivity contribution < 1.29 is 4.79 Å². The van der Waals surface area contributed by atoms with E-state index < -0.39 is 0 Å². The van der Waals surface area contributed by atoms with Crippen molar-refractivity contribution in [3.63, 3.8) is 0 Å². The number of rotatable bonds is 2. The van der Waals surface area contributed by atoms with Crippen LogP contribution in [0.1, 0.15) is 31.0 Å². The summed E-state index contributed by atoms with van der Waals surface area (Å²) in [5, 5.41) is 1.12. The van der Waals surface area contributed by atoms with Gasteiger partial charge in [0.05, 0.1) is 0 Å². The van der Waals surface area contributed by atoms with Gasteiger partial charge in [-0.1, -0.05) is 0 Å². The lowest BCUT2D eigenvalue weighted by Crippen LogP contribution is -2.45. The number of hydrogen-bond acceptors (Lipinski definition) is 4. The summed E-state index contributed by atoms with van der Waals surface area (Å²) < 4.78 is 0. The molecule has 2 aromatic heterocycles. The molecular formula is C18H24N4O. The summed E-state index contributed by atoms with van der Waals surface area (Å²) in [5.74, 6) is 1.13. The van der Waals surface area contributed by atoms with Gasteiger partial charge < -0.3 is 9.80 Å². The van der Waals surface area contributed by atoms with Crippen LogP contribution in [0.5, 0.6) is 0 Å². The second-order valence-electron chi connectivity index (χ2n) is 6.47. The largest absolute Gasteiger partial charge is 0.356 e. The van der Waals surface area contributed by atoms with E-state index in [1.807, 2.05) is 18.9 Å². The van der Waals surface area contributed by atoms with Gasteiger partial charge in [-0.3, -0.25) is 4.79 Å². The third kappa shape index (κ3) is 3.14. The zero-order valence-corrected chi connectivity index (χ0v) is 14.3. The zero-order valence-electron chi connectivity index (χ0n) is 14.3. The van der Waals surface area contributed by atoms with E-state index >= 15 is 0 Å². The van der Waals surface area contributed by atoms with E-state index in [1.54, 1.807) is 6.92 Å². The van der Waals surface area contributed by atoms with Crippen LogP contribution < -0.4 is 4.90 Å². The number of piperidine rings is 1. The number of carbonyl (C=O) groups is 1. The van der Waals surface area contributed by atoms with Crippen molar-refractivity contribution in [2.24, 2.45) is 0 Å². The van der Waals surface area contributed by atoms with Crippen molar-refractivity contribution in [1.82, 2.24) is 14.9 Å². The van der Waals surface area contributed by atoms with E-state index in [-0.39, 0.29) is 5.91 Å². The zero-order chi connectivity index (χ0) is 16.6. The highest BCUT2D eigenvalue weighted by molar-refractivity contribution is 5.80. The lowest BCUT2D eigenvalue weighted by molar-refractivity contribution is -0.129. The molecule has 5 nitrogen and oxygen atoms in total. The smallest absolute Gasteiger partial charge is 0.219 e. The minimum atomic E-state index is 0.141. The van der Waals surface area contributed by atoms with E-state index in [1.165, 1.54) is 5.56 Å². The lowest BCUT2D eigenvalue weighted by atomic mass is 10.0. The number of fused-ring (bicyclic) bond motifs is 1. The minimum Gasteiger partial charge on any atom is -0.356 e. The Hall–Kier alpha value is -2.17. The van der Waals surface area contributed by atoms with Crippen molar-refractivity contribution in [3.8, 4) is 0 Å². The van der Waals surface area contributed by atoms with E-state index in [4.69, 9.17) is 4.98 Å². The van der Waals surface area contributed by atoms with Gasteiger partial charge in [0.15, 0.2) is 5.65 Å². The van der Waals surface area contributed by atoms with E-state index in [2.05, 4.69) is 35.0 Å². The first-order valence-electron chi connectivity index (χ1n) is 8.19. The average Bonchev–Trinajstić information content (AvgIpc) is 2.53. The Kier molecular flexibility index (Phi) is 4.20. The molecular weight excluding hydrogens is 288 g/mol.